The predicted molar refractivity (Wildman–Crippen MR) is 117 cm³/mol. The number of anilines is 1. The van der Waals surface area contributed by atoms with Crippen LogP contribution >= 0.6 is 12.2 Å². The zero-order valence-electron chi connectivity index (χ0n) is 16.4. The van der Waals surface area contributed by atoms with Crippen molar-refractivity contribution in [3.05, 3.63) is 83.9 Å². The molecule has 2 atom stereocenters. The maximum Gasteiger partial charge on any atom is 0.244 e. The smallest absolute Gasteiger partial charge is 0.244 e. The van der Waals surface area contributed by atoms with E-state index in [1.54, 1.807) is 6.20 Å². The topological polar surface area (TPSA) is 62.2 Å². The summed E-state index contributed by atoms with van der Waals surface area (Å²) in [4.78, 5) is 19.2. The Morgan fingerprint density at radius 2 is 1.90 bits per heavy atom. The third-order valence-corrected chi connectivity index (χ3v) is 5.64. The summed E-state index contributed by atoms with van der Waals surface area (Å²) < 4.78 is 2.14. The number of benzene rings is 1. The molecule has 0 radical (unpaired) electrons. The number of para-hydroxylation sites is 1. The number of amides is 1. The van der Waals surface area contributed by atoms with Gasteiger partial charge in [-0.25, -0.2) is 0 Å². The van der Waals surface area contributed by atoms with E-state index in [2.05, 4.69) is 39.2 Å². The van der Waals surface area contributed by atoms with Gasteiger partial charge in [0.2, 0.25) is 5.91 Å². The SMILES string of the molecule is Cc1ccc([C@H]2[C@@H](c3ccccn3)NC(=S)N2CC(=O)Nc2ccccc2)n1C. The summed E-state index contributed by atoms with van der Waals surface area (Å²) in [6.45, 7) is 2.21. The van der Waals surface area contributed by atoms with Crippen LogP contribution in [0, 0.1) is 6.92 Å². The van der Waals surface area contributed by atoms with Crippen LogP contribution in [0.3, 0.4) is 0 Å². The van der Waals surface area contributed by atoms with Gasteiger partial charge in [-0.1, -0.05) is 24.3 Å². The molecule has 3 heterocycles. The van der Waals surface area contributed by atoms with E-state index in [0.717, 1.165) is 22.8 Å². The molecule has 3 aromatic rings. The third kappa shape index (κ3) is 3.86. The van der Waals surface area contributed by atoms with Gasteiger partial charge in [0.25, 0.3) is 0 Å². The fourth-order valence-corrected chi connectivity index (χ4v) is 4.01. The van der Waals surface area contributed by atoms with Crippen LogP contribution in [0.5, 0.6) is 0 Å². The number of aromatic nitrogens is 2. The van der Waals surface area contributed by atoms with Crippen molar-refractivity contribution in [2.45, 2.75) is 19.0 Å². The van der Waals surface area contributed by atoms with Crippen LogP contribution in [0.25, 0.3) is 0 Å². The zero-order valence-corrected chi connectivity index (χ0v) is 17.2. The summed E-state index contributed by atoms with van der Waals surface area (Å²) in [6.07, 6.45) is 1.78. The first-order chi connectivity index (χ1) is 14.0. The highest BCUT2D eigenvalue weighted by Crippen LogP contribution is 2.38. The molecule has 148 valence electrons. The summed E-state index contributed by atoms with van der Waals surface area (Å²) >= 11 is 5.63. The highest BCUT2D eigenvalue weighted by atomic mass is 32.1. The minimum atomic E-state index is -0.141. The molecule has 6 nitrogen and oxygen atoms in total. The molecule has 1 aliphatic heterocycles. The predicted octanol–water partition coefficient (Wildman–Crippen LogP) is 3.34. The second-order valence-electron chi connectivity index (χ2n) is 7.13. The number of carbonyl (C=O) groups excluding carboxylic acids is 1. The van der Waals surface area contributed by atoms with Crippen LogP contribution in [-0.2, 0) is 11.8 Å². The molecule has 0 spiro atoms. The second-order valence-corrected chi connectivity index (χ2v) is 7.51. The molecular formula is C22H23N5OS. The number of pyridine rings is 1. The Kier molecular flexibility index (Phi) is 5.31. The first kappa shape index (κ1) is 19.1. The molecule has 4 rings (SSSR count). The molecule has 0 saturated carbocycles. The molecule has 0 bridgehead atoms. The quantitative estimate of drug-likeness (QED) is 0.638. The lowest BCUT2D eigenvalue weighted by Gasteiger charge is -2.28. The van der Waals surface area contributed by atoms with Crippen molar-refractivity contribution in [3.8, 4) is 0 Å². The Balaban J connectivity index is 1.64. The van der Waals surface area contributed by atoms with E-state index in [-0.39, 0.29) is 24.5 Å². The Bertz CT molecular complexity index is 1020. The van der Waals surface area contributed by atoms with Gasteiger partial charge in [0.05, 0.1) is 17.8 Å². The highest BCUT2D eigenvalue weighted by Gasteiger charge is 2.41. The van der Waals surface area contributed by atoms with E-state index in [1.807, 2.05) is 60.5 Å². The molecule has 2 N–H and O–H groups in total. The number of carbonyl (C=O) groups is 1. The van der Waals surface area contributed by atoms with Crippen LogP contribution in [-0.4, -0.2) is 32.0 Å². The fraction of sp³-hybridized carbons (Fsp3) is 0.227. The molecule has 1 aliphatic rings. The van der Waals surface area contributed by atoms with Gasteiger partial charge in [-0.15, -0.1) is 0 Å². The van der Waals surface area contributed by atoms with E-state index >= 15 is 0 Å². The number of aryl methyl sites for hydroxylation is 1. The Labute approximate surface area is 175 Å². The number of hydrogen-bond donors (Lipinski definition) is 2. The van der Waals surface area contributed by atoms with Gasteiger partial charge in [-0.3, -0.25) is 9.78 Å². The Morgan fingerprint density at radius 1 is 1.14 bits per heavy atom. The van der Waals surface area contributed by atoms with Crippen LogP contribution < -0.4 is 10.6 Å². The largest absolute Gasteiger partial charge is 0.352 e. The normalized spacial score (nSPS) is 18.6. The van der Waals surface area contributed by atoms with E-state index in [4.69, 9.17) is 12.2 Å². The van der Waals surface area contributed by atoms with Crippen molar-refractivity contribution in [1.29, 1.82) is 0 Å². The molecule has 1 aromatic carbocycles. The van der Waals surface area contributed by atoms with Crippen LogP contribution in [0.2, 0.25) is 0 Å². The van der Waals surface area contributed by atoms with Gasteiger partial charge >= 0.3 is 0 Å². The average molecular weight is 406 g/mol. The van der Waals surface area contributed by atoms with Crippen molar-refractivity contribution in [1.82, 2.24) is 19.8 Å². The third-order valence-electron chi connectivity index (χ3n) is 5.28. The maximum absolute atomic E-state index is 12.8. The lowest BCUT2D eigenvalue weighted by Crippen LogP contribution is -2.37. The summed E-state index contributed by atoms with van der Waals surface area (Å²) in [6, 6.07) is 19.2. The monoisotopic (exact) mass is 405 g/mol. The maximum atomic E-state index is 12.8. The molecule has 1 saturated heterocycles. The second kappa shape index (κ2) is 8.05. The van der Waals surface area contributed by atoms with Crippen LogP contribution in [0.1, 0.15) is 29.2 Å². The summed E-state index contributed by atoms with van der Waals surface area (Å²) in [5.41, 5.74) is 3.89. The van der Waals surface area contributed by atoms with E-state index in [0.29, 0.717) is 5.11 Å². The van der Waals surface area contributed by atoms with Crippen molar-refractivity contribution in [2.24, 2.45) is 7.05 Å². The number of rotatable bonds is 5. The Hall–Kier alpha value is -3.19. The first-order valence-corrected chi connectivity index (χ1v) is 9.90. The van der Waals surface area contributed by atoms with Gasteiger partial charge < -0.3 is 20.1 Å². The standard InChI is InChI=1S/C22H23N5OS/c1-15-11-12-18(26(15)2)21-20(17-10-6-7-13-23-17)25-22(29)27(21)14-19(28)24-16-8-4-3-5-9-16/h3-13,20-21H,14H2,1-2H3,(H,24,28)(H,25,29)/t20-,21+/m1/s1. The number of nitrogens with zero attached hydrogens (tertiary/aromatic N) is 3. The molecule has 7 heteroatoms. The minimum absolute atomic E-state index is 0.113. The minimum Gasteiger partial charge on any atom is -0.352 e. The molecule has 0 aliphatic carbocycles. The van der Waals surface area contributed by atoms with Crippen LogP contribution in [0.4, 0.5) is 5.69 Å². The van der Waals surface area contributed by atoms with E-state index in [1.165, 1.54) is 0 Å². The van der Waals surface area contributed by atoms with E-state index < -0.39 is 0 Å². The summed E-state index contributed by atoms with van der Waals surface area (Å²) in [7, 11) is 2.03. The van der Waals surface area contributed by atoms with Crippen molar-refractivity contribution < 1.29 is 4.79 Å². The van der Waals surface area contributed by atoms with Crippen molar-refractivity contribution >= 4 is 28.9 Å². The van der Waals surface area contributed by atoms with Gasteiger partial charge in [0.1, 0.15) is 6.54 Å². The first-order valence-electron chi connectivity index (χ1n) is 9.50. The van der Waals surface area contributed by atoms with E-state index in [9.17, 15) is 4.79 Å². The zero-order chi connectivity index (χ0) is 20.4. The number of thiocarbonyl (C=S) groups is 1. The molecule has 29 heavy (non-hydrogen) atoms. The average Bonchev–Trinajstić information content (AvgIpc) is 3.22. The Morgan fingerprint density at radius 3 is 2.55 bits per heavy atom. The number of nitrogens with one attached hydrogen (secondary N) is 2. The van der Waals surface area contributed by atoms with Crippen LogP contribution in [0.15, 0.2) is 66.9 Å². The number of hydrogen-bond acceptors (Lipinski definition) is 3. The van der Waals surface area contributed by atoms with Gasteiger partial charge in [-0.2, -0.15) is 0 Å². The van der Waals surface area contributed by atoms with Crippen molar-refractivity contribution in [3.63, 3.8) is 0 Å². The molecule has 1 fully saturated rings. The lowest BCUT2D eigenvalue weighted by molar-refractivity contribution is -0.116. The molecule has 2 aromatic heterocycles. The molecular weight excluding hydrogens is 382 g/mol. The highest BCUT2D eigenvalue weighted by molar-refractivity contribution is 7.80. The molecule has 0 unspecified atom stereocenters. The van der Waals surface area contributed by atoms with Gasteiger partial charge in [0, 0.05) is 30.3 Å². The summed E-state index contributed by atoms with van der Waals surface area (Å²) in [5, 5.41) is 6.87. The summed E-state index contributed by atoms with van der Waals surface area (Å²) in [5.74, 6) is -0.113. The molecule has 1 amide bonds. The van der Waals surface area contributed by atoms with Gasteiger partial charge in [0.15, 0.2) is 5.11 Å². The van der Waals surface area contributed by atoms with Gasteiger partial charge in [-0.05, 0) is 55.5 Å². The fourth-order valence-electron chi connectivity index (χ4n) is 3.70. The lowest BCUT2D eigenvalue weighted by atomic mass is 10.0. The van der Waals surface area contributed by atoms with Crippen molar-refractivity contribution in [2.75, 3.05) is 11.9 Å².